The molecule has 0 saturated carbocycles. The molecular weight excluding hydrogens is 1480 g/mol. The first-order chi connectivity index (χ1) is 46.4. The van der Waals surface area contributed by atoms with Gasteiger partial charge in [-0.15, -0.1) is 10.2 Å². The lowest BCUT2D eigenvalue weighted by Crippen LogP contribution is -2.28. The van der Waals surface area contributed by atoms with E-state index in [1.165, 1.54) is 42.6 Å². The number of ether oxygens (including phenoxy) is 4. The molecule has 8 rings (SSSR count). The van der Waals surface area contributed by atoms with Crippen LogP contribution in [0.2, 0.25) is 0 Å². The van der Waals surface area contributed by atoms with Crippen LogP contribution in [0, 0.1) is 0 Å². The first-order valence-electron chi connectivity index (χ1n) is 29.7. The Balaban J connectivity index is 1.06. The Morgan fingerprint density at radius 2 is 1.17 bits per heavy atom. The summed E-state index contributed by atoms with van der Waals surface area (Å²) < 4.78 is 257. The molecule has 0 radical (unpaired) electrons. The molecule has 0 unspecified atom stereocenters. The van der Waals surface area contributed by atoms with Gasteiger partial charge >= 0.3 is 0 Å². The monoisotopic (exact) mass is 1550 g/mol. The van der Waals surface area contributed by atoms with Crippen LogP contribution in [0.4, 0.5) is 16.5 Å². The van der Waals surface area contributed by atoms with Crippen LogP contribution in [0.5, 0.6) is 0 Å². The minimum atomic E-state index is -5.18. The zero-order valence-electron chi connectivity index (χ0n) is 53.4. The van der Waals surface area contributed by atoms with E-state index in [2.05, 4.69) is 25.8 Å². The van der Waals surface area contributed by atoms with Crippen molar-refractivity contribution in [3.8, 4) is 0 Å². The third-order valence-corrected chi connectivity index (χ3v) is 22.9. The summed E-state index contributed by atoms with van der Waals surface area (Å²) in [6.45, 7) is 7.54. The Hall–Kier alpha value is -7.05. The Morgan fingerprint density at radius 1 is 0.630 bits per heavy atom. The first-order valence-corrected chi connectivity index (χ1v) is 41.0. The average Bonchev–Trinajstić information content (AvgIpc) is 1.56. The number of nitrogens with zero attached hydrogens (tertiary/aromatic N) is 5. The highest BCUT2D eigenvalue weighted by Gasteiger charge is 2.47. The maximum absolute atomic E-state index is 13.5. The van der Waals surface area contributed by atoms with Crippen molar-refractivity contribution in [3.63, 3.8) is 0 Å². The number of allylic oxidation sites excluding steroid dienone is 6. The summed E-state index contributed by atoms with van der Waals surface area (Å²) in [6.07, 6.45) is 6.96. The number of nitrogens with one attached hydrogen (secondary N) is 2. The number of hydrogen-bond donors (Lipinski definition) is 9. The summed E-state index contributed by atoms with van der Waals surface area (Å²) >= 11 is 0.603. The fraction of sp³-hybridized carbons (Fsp3) is 0.379. The van der Waals surface area contributed by atoms with E-state index in [1.54, 1.807) is 61.5 Å². The Morgan fingerprint density at radius 3 is 1.69 bits per heavy atom. The second-order valence-corrected chi connectivity index (χ2v) is 34.9. The first kappa shape index (κ1) is 78.7. The molecule has 10 N–H and O–H groups in total. The molecule has 100 heavy (non-hydrogen) atoms. The summed E-state index contributed by atoms with van der Waals surface area (Å²) in [5.41, 5.74) is -0.578. The van der Waals surface area contributed by atoms with E-state index in [0.717, 1.165) is 12.1 Å². The number of carbonyl (C=O) groups is 2. The second-order valence-electron chi connectivity index (χ2n) is 23.4. The van der Waals surface area contributed by atoms with Gasteiger partial charge in [0.2, 0.25) is 21.1 Å². The second kappa shape index (κ2) is 30.9. The van der Waals surface area contributed by atoms with Crippen molar-refractivity contribution in [2.45, 2.75) is 81.7 Å². The number of rotatable bonds is 34. The zero-order chi connectivity index (χ0) is 73.8. The number of anilines is 2. The molecule has 0 fully saturated rings. The van der Waals surface area contributed by atoms with Crippen LogP contribution in [0.3, 0.4) is 0 Å². The Bertz CT molecular complexity index is 5180. The Labute approximate surface area is 579 Å². The van der Waals surface area contributed by atoms with Crippen LogP contribution in [0.25, 0.3) is 27.1 Å². The largest absolute Gasteiger partial charge is 0.379 e. The van der Waals surface area contributed by atoms with Crippen LogP contribution in [0.15, 0.2) is 121 Å². The van der Waals surface area contributed by atoms with Gasteiger partial charge < -0.3 is 34.5 Å². The average molecular weight is 1550 g/mol. The molecule has 0 saturated heterocycles. The summed E-state index contributed by atoms with van der Waals surface area (Å²) in [4.78, 5) is 28.3. The lowest BCUT2D eigenvalue weighted by atomic mass is 9.79. The molecule has 0 aliphatic carbocycles. The number of amides is 2. The minimum absolute atomic E-state index is 0.0377. The summed E-state index contributed by atoms with van der Waals surface area (Å²) in [6, 6.07) is 11.5. The van der Waals surface area contributed by atoms with E-state index in [-0.39, 0.29) is 158 Å². The van der Waals surface area contributed by atoms with Crippen molar-refractivity contribution in [2.75, 3.05) is 94.2 Å². The van der Waals surface area contributed by atoms with E-state index >= 15 is 0 Å². The lowest BCUT2D eigenvalue weighted by Gasteiger charge is -2.27. The van der Waals surface area contributed by atoms with Gasteiger partial charge in [-0.25, -0.2) is 13.6 Å². The summed E-state index contributed by atoms with van der Waals surface area (Å²) in [5.74, 6) is -2.54. The number of fused-ring (bicyclic) bond motifs is 6. The van der Waals surface area contributed by atoms with Crippen molar-refractivity contribution in [3.05, 3.63) is 119 Å². The summed E-state index contributed by atoms with van der Waals surface area (Å²) in [5, 5.41) is 16.6. The van der Waals surface area contributed by atoms with Gasteiger partial charge in [0, 0.05) is 76.6 Å². The molecule has 2 aliphatic rings. The molecule has 2 aromatic heterocycles. The number of hydrogen-bond acceptors (Lipinski definition) is 25. The maximum atomic E-state index is 13.5. The van der Waals surface area contributed by atoms with E-state index in [4.69, 9.17) is 24.1 Å². The highest BCUT2D eigenvalue weighted by atomic mass is 32.3. The number of aromatic nitrogens is 3. The quantitative estimate of drug-likeness (QED) is 0.00907. The fourth-order valence-corrected chi connectivity index (χ4v) is 16.4. The molecule has 0 spiro atoms. The van der Waals surface area contributed by atoms with E-state index < -0.39 is 129 Å². The fourth-order valence-electron chi connectivity index (χ4n) is 11.4. The molecule has 544 valence electrons. The number of benzene rings is 4. The number of nitrogens with two attached hydrogens (primary N) is 1. The smallest absolute Gasteiger partial charge is 0.295 e. The van der Waals surface area contributed by atoms with Crippen LogP contribution in [0.1, 0.15) is 74.1 Å². The minimum Gasteiger partial charge on any atom is -0.379 e. The predicted molar refractivity (Wildman–Crippen MR) is 362 cm³/mol. The van der Waals surface area contributed by atoms with Crippen LogP contribution in [-0.2, 0) is 105 Å². The van der Waals surface area contributed by atoms with Gasteiger partial charge in [0.25, 0.3) is 76.6 Å². The Kier molecular flexibility index (Phi) is 24.3. The third kappa shape index (κ3) is 19.6. The van der Waals surface area contributed by atoms with Crippen molar-refractivity contribution >= 4 is 143 Å². The maximum Gasteiger partial charge on any atom is 0.295 e. The van der Waals surface area contributed by atoms with Crippen molar-refractivity contribution in [2.24, 2.45) is 5.14 Å². The van der Waals surface area contributed by atoms with Gasteiger partial charge in [-0.05, 0) is 97.3 Å². The van der Waals surface area contributed by atoms with E-state index in [0.29, 0.717) is 34.9 Å². The number of sulfonamides is 1. The standard InChI is InChI=1S/C58H68N8O26S8/c1-57(2)49(65(19-5-29-94(69,70)71)45-13-10-40-42(52(45)57)31-38(97(77,78)79)33-47(40)99(83,84)85)15-8-36(9-16-50-58(3,4)53-43-32-39(98(80,81)82)34-48(100(86,87)88)41(43)11-14-46(53)66(50)20-6-30-95(72,73)74)44-12-7-37(35-61-44)54(68)60-18-22-90-24-26-92-28-27-91-25-23-89-21-17-51(67)62-55-63-64-56(93-55)96(59,75)76/h7-16,31-35H,5-6,17-30H2,1-4H3,(H9-,59,60,62,63,67,68,69,70,71,72,73,74,75,76,77,78,79,80,81,82,83,84,85,86,87,88)/p+1. The van der Waals surface area contributed by atoms with Crippen molar-refractivity contribution < 1.29 is 119 Å². The summed E-state index contributed by atoms with van der Waals surface area (Å²) in [7, 11) is -33.8. The molecule has 0 atom stereocenters. The van der Waals surface area contributed by atoms with Crippen LogP contribution in [-0.4, -0.2) is 208 Å². The van der Waals surface area contributed by atoms with Crippen molar-refractivity contribution in [1.29, 1.82) is 0 Å². The molecule has 4 aromatic carbocycles. The molecule has 34 nitrogen and oxygen atoms in total. The molecule has 2 amide bonds. The highest BCUT2D eigenvalue weighted by Crippen LogP contribution is 2.52. The van der Waals surface area contributed by atoms with E-state index in [9.17, 15) is 95.8 Å². The van der Waals surface area contributed by atoms with Gasteiger partial charge in [0.1, 0.15) is 16.3 Å². The van der Waals surface area contributed by atoms with Crippen LogP contribution >= 0.6 is 11.3 Å². The molecule has 2 aliphatic heterocycles. The topological polar surface area (TPSA) is 526 Å². The van der Waals surface area contributed by atoms with E-state index in [1.807, 2.05) is 0 Å². The third-order valence-electron chi connectivity index (χ3n) is 15.7. The lowest BCUT2D eigenvalue weighted by molar-refractivity contribution is -0.437. The van der Waals surface area contributed by atoms with Gasteiger partial charge in [-0.2, -0.15) is 55.1 Å². The van der Waals surface area contributed by atoms with Crippen molar-refractivity contribution in [1.82, 2.24) is 20.5 Å². The SMILES string of the molecule is CC1(C)C(=CC=C(C=CC2=[N+](CCCS(=O)(=O)O)c3ccc4c(S(=O)(=O)O)cc(S(=O)(=O)O)cc4c3C2(C)C)c2ccc(C(=O)NCCOCCOCCOCCOCCC(=O)Nc3nnc(S(N)(=O)=O)s3)cn2)N(CCCS(=O)(=O)O)c2ccc3c(S(=O)(=O)O)cc(S(=O)(=O)O)cc3c21. The van der Waals surface area contributed by atoms with Gasteiger partial charge in [-0.1, -0.05) is 37.3 Å². The zero-order valence-corrected chi connectivity index (χ0v) is 59.9. The molecular formula is C58H69N8O26S8+. The van der Waals surface area contributed by atoms with Crippen LogP contribution < -0.4 is 20.7 Å². The number of pyridine rings is 1. The highest BCUT2D eigenvalue weighted by molar-refractivity contribution is 7.91. The normalized spacial score (nSPS) is 15.7. The van der Waals surface area contributed by atoms with Gasteiger partial charge in [0.05, 0.1) is 97.2 Å². The number of carbonyl (C=O) groups excluding carboxylic acids is 2. The van der Waals surface area contributed by atoms with Gasteiger partial charge in [-0.3, -0.25) is 41.9 Å². The molecule has 6 aromatic rings. The molecule has 0 bridgehead atoms. The predicted octanol–water partition coefficient (Wildman–Crippen LogP) is 3.95. The van der Waals surface area contributed by atoms with Gasteiger partial charge in [0.15, 0.2) is 5.71 Å². The number of primary sulfonamides is 1. The molecule has 4 heterocycles. The molecule has 42 heteroatoms.